The van der Waals surface area contributed by atoms with Crippen molar-refractivity contribution in [3.8, 4) is 0 Å². The zero-order chi connectivity index (χ0) is 19.5. The van der Waals surface area contributed by atoms with Crippen LogP contribution >= 0.6 is 0 Å². The van der Waals surface area contributed by atoms with Crippen molar-refractivity contribution >= 4 is 18.5 Å². The Morgan fingerprint density at radius 3 is 2.00 bits per heavy atom. The predicted octanol–water partition coefficient (Wildman–Crippen LogP) is -0.972. The zero-order valence-corrected chi connectivity index (χ0v) is 15.7. The van der Waals surface area contributed by atoms with E-state index < -0.39 is 5.54 Å². The Hall–Kier alpha value is -1.39. The summed E-state index contributed by atoms with van der Waals surface area (Å²) in [6, 6.07) is 0. The monoisotopic (exact) mass is 375 g/mol. The maximum absolute atomic E-state index is 11.6. The molecule has 0 bridgehead atoms. The second-order valence-corrected chi connectivity index (χ2v) is 5.84. The first-order valence-electron chi connectivity index (χ1n) is 8.90. The zero-order valence-electron chi connectivity index (χ0n) is 15.7. The van der Waals surface area contributed by atoms with Gasteiger partial charge in [0.25, 0.3) is 0 Å². The molecule has 4 N–H and O–H groups in total. The topological polar surface area (TPSA) is 129 Å². The lowest BCUT2D eigenvalue weighted by atomic mass is 10.0. The van der Waals surface area contributed by atoms with Crippen LogP contribution in [0.5, 0.6) is 0 Å². The second kappa shape index (κ2) is 17.0. The van der Waals surface area contributed by atoms with Crippen LogP contribution in [0.2, 0.25) is 0 Å². The molecular formula is C17H33N3O6. The van der Waals surface area contributed by atoms with Gasteiger partial charge in [-0.1, -0.05) is 0 Å². The van der Waals surface area contributed by atoms with E-state index in [4.69, 9.17) is 19.9 Å². The molecule has 9 nitrogen and oxygen atoms in total. The van der Waals surface area contributed by atoms with Crippen LogP contribution in [0, 0.1) is 0 Å². The number of hydrogen-bond acceptors (Lipinski definition) is 8. The molecule has 0 heterocycles. The van der Waals surface area contributed by atoms with E-state index in [9.17, 15) is 14.4 Å². The highest BCUT2D eigenvalue weighted by atomic mass is 16.5. The number of nitrogens with one attached hydrogen (secondary N) is 2. The van der Waals surface area contributed by atoms with Crippen molar-refractivity contribution in [1.82, 2.24) is 10.6 Å². The molecule has 0 aliphatic rings. The first-order chi connectivity index (χ1) is 12.6. The third kappa shape index (κ3) is 12.9. The molecule has 0 aliphatic heterocycles. The van der Waals surface area contributed by atoms with Gasteiger partial charge in [0.15, 0.2) is 0 Å². The molecule has 1 amide bonds. The second-order valence-electron chi connectivity index (χ2n) is 5.84. The summed E-state index contributed by atoms with van der Waals surface area (Å²) >= 11 is 0. The van der Waals surface area contributed by atoms with Gasteiger partial charge in [0, 0.05) is 25.8 Å². The van der Waals surface area contributed by atoms with Crippen molar-refractivity contribution in [2.75, 3.05) is 59.8 Å². The SMILES string of the molecule is CNC(COCCC=O)(COCCC=O)COCCC(=O)NCCCN. The molecule has 0 spiro atoms. The minimum atomic E-state index is -0.623. The van der Waals surface area contributed by atoms with E-state index in [0.29, 0.717) is 39.1 Å². The van der Waals surface area contributed by atoms with E-state index in [1.807, 2.05) is 0 Å². The predicted molar refractivity (Wildman–Crippen MR) is 96.9 cm³/mol. The van der Waals surface area contributed by atoms with E-state index in [0.717, 1.165) is 19.0 Å². The minimum Gasteiger partial charge on any atom is -0.379 e. The lowest BCUT2D eigenvalue weighted by molar-refractivity contribution is -0.122. The largest absolute Gasteiger partial charge is 0.379 e. The Morgan fingerprint density at radius 1 is 1.00 bits per heavy atom. The summed E-state index contributed by atoms with van der Waals surface area (Å²) in [5.41, 5.74) is 4.75. The highest BCUT2D eigenvalue weighted by molar-refractivity contribution is 5.75. The third-order valence-electron chi connectivity index (χ3n) is 3.60. The fraction of sp³-hybridized carbons (Fsp3) is 0.824. The molecule has 0 aromatic rings. The van der Waals surface area contributed by atoms with Crippen LogP contribution in [-0.4, -0.2) is 83.8 Å². The molecule has 152 valence electrons. The van der Waals surface area contributed by atoms with E-state index in [2.05, 4.69) is 10.6 Å². The maximum atomic E-state index is 11.6. The van der Waals surface area contributed by atoms with Gasteiger partial charge in [-0.2, -0.15) is 0 Å². The van der Waals surface area contributed by atoms with E-state index in [1.54, 1.807) is 7.05 Å². The fourth-order valence-corrected chi connectivity index (χ4v) is 1.99. The molecule has 0 aliphatic carbocycles. The number of carbonyl (C=O) groups is 3. The van der Waals surface area contributed by atoms with Crippen LogP contribution in [0.25, 0.3) is 0 Å². The number of ether oxygens (including phenoxy) is 3. The summed E-state index contributed by atoms with van der Waals surface area (Å²) in [6.07, 6.45) is 3.21. The number of carbonyl (C=O) groups excluding carboxylic acids is 3. The lowest BCUT2D eigenvalue weighted by Gasteiger charge is -2.32. The maximum Gasteiger partial charge on any atom is 0.222 e. The Bertz CT molecular complexity index is 366. The summed E-state index contributed by atoms with van der Waals surface area (Å²) in [5.74, 6) is -0.0852. The number of hydrogen-bond donors (Lipinski definition) is 3. The Kier molecular flexibility index (Phi) is 16.1. The molecule has 0 fully saturated rings. The quantitative estimate of drug-likeness (QED) is 0.194. The van der Waals surface area contributed by atoms with Gasteiger partial charge < -0.3 is 40.2 Å². The molecule has 0 radical (unpaired) electrons. The first kappa shape index (κ1) is 24.6. The van der Waals surface area contributed by atoms with E-state index in [1.165, 1.54) is 0 Å². The van der Waals surface area contributed by atoms with Gasteiger partial charge in [0.1, 0.15) is 12.6 Å². The third-order valence-corrected chi connectivity index (χ3v) is 3.60. The average Bonchev–Trinajstić information content (AvgIpc) is 2.65. The number of likely N-dealkylation sites (N-methyl/N-ethyl adjacent to an activating group) is 1. The van der Waals surface area contributed by atoms with Crippen LogP contribution in [-0.2, 0) is 28.6 Å². The van der Waals surface area contributed by atoms with Crippen molar-refractivity contribution < 1.29 is 28.6 Å². The number of amides is 1. The van der Waals surface area contributed by atoms with Crippen LogP contribution in [0.1, 0.15) is 25.7 Å². The van der Waals surface area contributed by atoms with Crippen LogP contribution in [0.15, 0.2) is 0 Å². The molecule has 0 atom stereocenters. The Labute approximate surface area is 155 Å². The summed E-state index contributed by atoms with van der Waals surface area (Å²) < 4.78 is 16.7. The average molecular weight is 375 g/mol. The van der Waals surface area contributed by atoms with Crippen molar-refractivity contribution in [2.24, 2.45) is 5.73 Å². The fourth-order valence-electron chi connectivity index (χ4n) is 1.99. The summed E-state index contributed by atoms with van der Waals surface area (Å²) in [4.78, 5) is 32.4. The molecular weight excluding hydrogens is 342 g/mol. The van der Waals surface area contributed by atoms with Crippen molar-refractivity contribution in [3.05, 3.63) is 0 Å². The van der Waals surface area contributed by atoms with Gasteiger partial charge in [-0.3, -0.25) is 4.79 Å². The molecule has 0 unspecified atom stereocenters. The summed E-state index contributed by atoms with van der Waals surface area (Å²) in [6.45, 7) is 2.81. The first-order valence-corrected chi connectivity index (χ1v) is 8.90. The minimum absolute atomic E-state index is 0.0852. The Morgan fingerprint density at radius 2 is 1.54 bits per heavy atom. The molecule has 0 saturated heterocycles. The summed E-state index contributed by atoms with van der Waals surface area (Å²) in [5, 5.41) is 5.90. The Balaban J connectivity index is 4.31. The van der Waals surface area contributed by atoms with E-state index >= 15 is 0 Å². The van der Waals surface area contributed by atoms with Crippen LogP contribution < -0.4 is 16.4 Å². The van der Waals surface area contributed by atoms with Gasteiger partial charge in [0.2, 0.25) is 5.91 Å². The molecule has 0 saturated carbocycles. The summed E-state index contributed by atoms with van der Waals surface area (Å²) in [7, 11) is 1.76. The highest BCUT2D eigenvalue weighted by Gasteiger charge is 2.29. The van der Waals surface area contributed by atoms with E-state index in [-0.39, 0.29) is 38.8 Å². The van der Waals surface area contributed by atoms with Gasteiger partial charge in [-0.05, 0) is 20.0 Å². The van der Waals surface area contributed by atoms with Gasteiger partial charge in [-0.15, -0.1) is 0 Å². The van der Waals surface area contributed by atoms with Gasteiger partial charge in [-0.25, -0.2) is 0 Å². The number of rotatable bonds is 19. The molecule has 0 aromatic heterocycles. The lowest BCUT2D eigenvalue weighted by Crippen LogP contribution is -2.55. The van der Waals surface area contributed by atoms with Crippen molar-refractivity contribution in [2.45, 2.75) is 31.2 Å². The van der Waals surface area contributed by atoms with Crippen LogP contribution in [0.3, 0.4) is 0 Å². The standard InChI is InChI=1S/C17H33N3O6/c1-19-17(13-24-10-3-8-21,14-25-11-4-9-22)15-26-12-5-16(23)20-7-2-6-18/h8-9,19H,2-7,10-15,18H2,1H3,(H,20,23). The smallest absolute Gasteiger partial charge is 0.222 e. The molecule has 26 heavy (non-hydrogen) atoms. The molecule has 9 heteroatoms. The van der Waals surface area contributed by atoms with Gasteiger partial charge >= 0.3 is 0 Å². The van der Waals surface area contributed by atoms with Crippen molar-refractivity contribution in [3.63, 3.8) is 0 Å². The molecule has 0 aromatic carbocycles. The number of nitrogens with two attached hydrogens (primary N) is 1. The van der Waals surface area contributed by atoms with Crippen molar-refractivity contribution in [1.29, 1.82) is 0 Å². The highest BCUT2D eigenvalue weighted by Crippen LogP contribution is 2.09. The normalized spacial score (nSPS) is 11.3. The number of aldehydes is 2. The van der Waals surface area contributed by atoms with Crippen LogP contribution in [0.4, 0.5) is 0 Å². The van der Waals surface area contributed by atoms with Gasteiger partial charge in [0.05, 0.1) is 45.2 Å². The molecule has 0 rings (SSSR count).